The molecule has 0 atom stereocenters. The van der Waals surface area contributed by atoms with Crippen LogP contribution >= 0.6 is 11.6 Å². The Balaban J connectivity index is 1.53. The maximum atomic E-state index is 6.33. The van der Waals surface area contributed by atoms with E-state index < -0.39 is 0 Å². The first kappa shape index (κ1) is 15.4. The van der Waals surface area contributed by atoms with Crippen molar-refractivity contribution < 1.29 is 4.52 Å². The normalized spacial score (nSPS) is 13.8. The van der Waals surface area contributed by atoms with Gasteiger partial charge in [-0.05, 0) is 18.2 Å². The molecule has 5 heteroatoms. The lowest BCUT2D eigenvalue weighted by Crippen LogP contribution is -2.30. The fourth-order valence-electron chi connectivity index (χ4n) is 3.50. The molecule has 0 spiro atoms. The van der Waals surface area contributed by atoms with Crippen molar-refractivity contribution in [3.8, 4) is 11.3 Å². The highest BCUT2D eigenvalue weighted by Gasteiger charge is 2.25. The third kappa shape index (κ3) is 2.54. The number of rotatable bonds is 2. The van der Waals surface area contributed by atoms with Crippen LogP contribution in [-0.4, -0.2) is 16.7 Å². The van der Waals surface area contributed by atoms with Gasteiger partial charge in [0.1, 0.15) is 17.3 Å². The predicted molar refractivity (Wildman–Crippen MR) is 103 cm³/mol. The standard InChI is InChI=1S/C21H16ClN3O/c22-17-8-4-7-15-9-10-19(23-21(15)17)25-12-11-18-16(13-25)20(24-26-18)14-5-2-1-3-6-14/h1-10H,11-13H2. The van der Waals surface area contributed by atoms with Crippen LogP contribution in [0.2, 0.25) is 5.02 Å². The molecule has 2 aromatic heterocycles. The van der Waals surface area contributed by atoms with Gasteiger partial charge in [0.05, 0.1) is 17.1 Å². The summed E-state index contributed by atoms with van der Waals surface area (Å²) in [6.07, 6.45) is 0.817. The number of halogens is 1. The Morgan fingerprint density at radius 3 is 2.73 bits per heavy atom. The Hall–Kier alpha value is -2.85. The van der Waals surface area contributed by atoms with Crippen molar-refractivity contribution in [3.63, 3.8) is 0 Å². The van der Waals surface area contributed by atoms with Crippen molar-refractivity contribution in [1.82, 2.24) is 10.1 Å². The van der Waals surface area contributed by atoms with Gasteiger partial charge in [0.25, 0.3) is 0 Å². The van der Waals surface area contributed by atoms with Gasteiger partial charge in [-0.15, -0.1) is 0 Å². The van der Waals surface area contributed by atoms with Crippen LogP contribution in [0.3, 0.4) is 0 Å². The van der Waals surface area contributed by atoms with Crippen molar-refractivity contribution in [3.05, 3.63) is 77.0 Å². The van der Waals surface area contributed by atoms with Crippen LogP contribution < -0.4 is 4.90 Å². The number of hydrogen-bond donors (Lipinski definition) is 0. The van der Waals surface area contributed by atoms with Gasteiger partial charge in [0.2, 0.25) is 0 Å². The second-order valence-electron chi connectivity index (χ2n) is 6.45. The van der Waals surface area contributed by atoms with Crippen molar-refractivity contribution in [1.29, 1.82) is 0 Å². The van der Waals surface area contributed by atoms with E-state index >= 15 is 0 Å². The molecule has 0 fully saturated rings. The van der Waals surface area contributed by atoms with Crippen LogP contribution in [0.5, 0.6) is 0 Å². The summed E-state index contributed by atoms with van der Waals surface area (Å²) in [7, 11) is 0. The number of anilines is 1. The minimum atomic E-state index is 0.678. The smallest absolute Gasteiger partial charge is 0.144 e. The minimum absolute atomic E-state index is 0.678. The summed E-state index contributed by atoms with van der Waals surface area (Å²) in [5.41, 5.74) is 3.98. The van der Waals surface area contributed by atoms with Gasteiger partial charge in [-0.2, -0.15) is 0 Å². The van der Waals surface area contributed by atoms with Gasteiger partial charge in [-0.25, -0.2) is 4.98 Å². The highest BCUT2D eigenvalue weighted by atomic mass is 35.5. The fraction of sp³-hybridized carbons (Fsp3) is 0.143. The second-order valence-corrected chi connectivity index (χ2v) is 6.86. The minimum Gasteiger partial charge on any atom is -0.360 e. The van der Waals surface area contributed by atoms with Crippen LogP contribution in [0.25, 0.3) is 22.2 Å². The molecule has 4 aromatic rings. The molecule has 2 aromatic carbocycles. The summed E-state index contributed by atoms with van der Waals surface area (Å²) < 4.78 is 5.60. The lowest BCUT2D eigenvalue weighted by molar-refractivity contribution is 0.379. The molecule has 3 heterocycles. The third-order valence-corrected chi connectivity index (χ3v) is 5.16. The van der Waals surface area contributed by atoms with Crippen LogP contribution in [0.4, 0.5) is 5.82 Å². The van der Waals surface area contributed by atoms with E-state index in [9.17, 15) is 0 Å². The molecular formula is C21H16ClN3O. The molecule has 0 unspecified atom stereocenters. The van der Waals surface area contributed by atoms with Crippen LogP contribution in [0.1, 0.15) is 11.3 Å². The quantitative estimate of drug-likeness (QED) is 0.497. The van der Waals surface area contributed by atoms with Crippen molar-refractivity contribution in [2.45, 2.75) is 13.0 Å². The Kier molecular flexibility index (Phi) is 3.64. The first-order valence-electron chi connectivity index (χ1n) is 8.63. The predicted octanol–water partition coefficient (Wildman–Crippen LogP) is 5.11. The number of aromatic nitrogens is 2. The number of fused-ring (bicyclic) bond motifs is 2. The fourth-order valence-corrected chi connectivity index (χ4v) is 3.73. The molecule has 5 rings (SSSR count). The summed E-state index contributed by atoms with van der Waals surface area (Å²) in [6.45, 7) is 1.57. The molecule has 1 aliphatic rings. The molecule has 128 valence electrons. The molecule has 0 radical (unpaired) electrons. The Bertz CT molecular complexity index is 1090. The van der Waals surface area contributed by atoms with Gasteiger partial charge >= 0.3 is 0 Å². The SMILES string of the molecule is Clc1cccc2ccc(N3CCc4onc(-c5ccccc5)c4C3)nc12. The van der Waals surface area contributed by atoms with Crippen molar-refractivity contribution >= 4 is 28.3 Å². The average molecular weight is 362 g/mol. The topological polar surface area (TPSA) is 42.2 Å². The van der Waals surface area contributed by atoms with Crippen LogP contribution in [0, 0.1) is 0 Å². The van der Waals surface area contributed by atoms with Crippen LogP contribution in [0.15, 0.2) is 65.2 Å². The summed E-state index contributed by atoms with van der Waals surface area (Å²) in [4.78, 5) is 7.06. The Labute approximate surface area is 156 Å². The molecule has 26 heavy (non-hydrogen) atoms. The lowest BCUT2D eigenvalue weighted by atomic mass is 10.0. The van der Waals surface area contributed by atoms with Gasteiger partial charge in [-0.3, -0.25) is 0 Å². The lowest BCUT2D eigenvalue weighted by Gasteiger charge is -2.27. The molecule has 4 nitrogen and oxygen atoms in total. The number of nitrogens with zero attached hydrogens (tertiary/aromatic N) is 3. The molecule has 1 aliphatic heterocycles. The summed E-state index contributed by atoms with van der Waals surface area (Å²) in [5.74, 6) is 1.90. The zero-order valence-electron chi connectivity index (χ0n) is 14.0. The molecule has 0 saturated carbocycles. The van der Waals surface area contributed by atoms with Gasteiger partial charge < -0.3 is 9.42 Å². The van der Waals surface area contributed by atoms with Crippen molar-refractivity contribution in [2.24, 2.45) is 0 Å². The van der Waals surface area contributed by atoms with E-state index in [-0.39, 0.29) is 0 Å². The number of pyridine rings is 1. The zero-order chi connectivity index (χ0) is 17.5. The first-order valence-corrected chi connectivity index (χ1v) is 9.00. The largest absolute Gasteiger partial charge is 0.360 e. The Morgan fingerprint density at radius 2 is 1.85 bits per heavy atom. The van der Waals surface area contributed by atoms with E-state index in [1.165, 1.54) is 0 Å². The average Bonchev–Trinajstić information content (AvgIpc) is 3.12. The van der Waals surface area contributed by atoms with E-state index in [2.05, 4.69) is 34.3 Å². The highest BCUT2D eigenvalue weighted by molar-refractivity contribution is 6.35. The maximum Gasteiger partial charge on any atom is 0.144 e. The molecule has 0 amide bonds. The van der Waals surface area contributed by atoms with E-state index in [0.717, 1.165) is 58.8 Å². The van der Waals surface area contributed by atoms with Crippen molar-refractivity contribution in [2.75, 3.05) is 11.4 Å². The summed E-state index contributed by atoms with van der Waals surface area (Å²) >= 11 is 6.33. The number of benzene rings is 2. The van der Waals surface area contributed by atoms with Gasteiger partial charge in [0.15, 0.2) is 0 Å². The van der Waals surface area contributed by atoms with Gasteiger partial charge in [0, 0.05) is 29.5 Å². The maximum absolute atomic E-state index is 6.33. The molecule has 0 saturated heterocycles. The van der Waals surface area contributed by atoms with E-state index in [4.69, 9.17) is 21.1 Å². The van der Waals surface area contributed by atoms with Gasteiger partial charge in [-0.1, -0.05) is 59.2 Å². The first-order chi connectivity index (χ1) is 12.8. The summed E-state index contributed by atoms with van der Waals surface area (Å²) in [5, 5.41) is 6.04. The Morgan fingerprint density at radius 1 is 0.962 bits per heavy atom. The second kappa shape index (κ2) is 6.15. The molecule has 0 N–H and O–H groups in total. The number of hydrogen-bond acceptors (Lipinski definition) is 4. The van der Waals surface area contributed by atoms with E-state index in [1.54, 1.807) is 0 Å². The van der Waals surface area contributed by atoms with E-state index in [0.29, 0.717) is 5.02 Å². The monoisotopic (exact) mass is 361 g/mol. The number of para-hydroxylation sites is 1. The van der Waals surface area contributed by atoms with E-state index in [1.807, 2.05) is 36.4 Å². The molecular weight excluding hydrogens is 346 g/mol. The van der Waals surface area contributed by atoms with Crippen LogP contribution in [-0.2, 0) is 13.0 Å². The highest BCUT2D eigenvalue weighted by Crippen LogP contribution is 2.32. The molecule has 0 aliphatic carbocycles. The zero-order valence-corrected chi connectivity index (χ0v) is 14.8. The molecule has 0 bridgehead atoms. The summed E-state index contributed by atoms with van der Waals surface area (Å²) in [6, 6.07) is 20.1. The third-order valence-electron chi connectivity index (χ3n) is 4.85.